The third-order valence-electron chi connectivity index (χ3n) is 2.51. The zero-order chi connectivity index (χ0) is 14.7. The van der Waals surface area contributed by atoms with Crippen LogP contribution < -0.4 is 5.32 Å². The van der Waals surface area contributed by atoms with Crippen molar-refractivity contribution in [2.75, 3.05) is 0 Å². The molecular formula is C12H10BrF2N3OS. The van der Waals surface area contributed by atoms with Gasteiger partial charge in [0, 0.05) is 10.9 Å². The number of carbonyl (C=O) groups is 1. The molecule has 0 saturated carbocycles. The van der Waals surface area contributed by atoms with E-state index in [4.69, 9.17) is 0 Å². The van der Waals surface area contributed by atoms with Crippen LogP contribution in [-0.4, -0.2) is 15.9 Å². The number of aromatic nitrogens is 2. The Morgan fingerprint density at radius 3 is 2.90 bits per heavy atom. The van der Waals surface area contributed by atoms with E-state index in [1.807, 2.05) is 6.92 Å². The number of aryl methyl sites for hydroxylation is 1. The van der Waals surface area contributed by atoms with Crippen LogP contribution >= 0.6 is 27.3 Å². The molecule has 4 nitrogen and oxygen atoms in total. The molecule has 2 aromatic heterocycles. The number of hydrogen-bond donors (Lipinski definition) is 1. The molecule has 20 heavy (non-hydrogen) atoms. The third-order valence-corrected chi connectivity index (χ3v) is 4.16. The minimum absolute atomic E-state index is 0.0212. The molecule has 0 spiro atoms. The van der Waals surface area contributed by atoms with Crippen molar-refractivity contribution in [3.63, 3.8) is 0 Å². The summed E-state index contributed by atoms with van der Waals surface area (Å²) in [5.41, 5.74) is 0.291. The summed E-state index contributed by atoms with van der Waals surface area (Å²) in [6.45, 7) is 1.79. The summed E-state index contributed by atoms with van der Waals surface area (Å²) in [7, 11) is 0. The van der Waals surface area contributed by atoms with Crippen LogP contribution in [0.5, 0.6) is 0 Å². The van der Waals surface area contributed by atoms with Crippen LogP contribution in [0.4, 0.5) is 8.78 Å². The van der Waals surface area contributed by atoms with E-state index in [-0.39, 0.29) is 12.2 Å². The molecule has 0 aliphatic carbocycles. The third kappa shape index (κ3) is 3.37. The molecule has 0 radical (unpaired) electrons. The fourth-order valence-corrected chi connectivity index (χ4v) is 3.04. The minimum atomic E-state index is -0.791. The first kappa shape index (κ1) is 15.0. The fourth-order valence-electron chi connectivity index (χ4n) is 1.56. The Morgan fingerprint density at radius 2 is 2.25 bits per heavy atom. The number of amides is 1. The van der Waals surface area contributed by atoms with Crippen molar-refractivity contribution < 1.29 is 13.6 Å². The maximum atomic E-state index is 13.4. The highest BCUT2D eigenvalue weighted by molar-refractivity contribution is 9.11. The molecule has 0 aliphatic heterocycles. The van der Waals surface area contributed by atoms with Crippen LogP contribution in [-0.2, 0) is 13.0 Å². The molecule has 0 aromatic carbocycles. The summed E-state index contributed by atoms with van der Waals surface area (Å²) >= 11 is 4.60. The Bertz CT molecular complexity index is 648. The highest BCUT2D eigenvalue weighted by atomic mass is 79.9. The van der Waals surface area contributed by atoms with Gasteiger partial charge in [-0.1, -0.05) is 6.92 Å². The first-order valence-corrected chi connectivity index (χ1v) is 7.35. The van der Waals surface area contributed by atoms with Crippen molar-refractivity contribution in [1.82, 2.24) is 15.3 Å². The van der Waals surface area contributed by atoms with E-state index in [1.54, 1.807) is 0 Å². The topological polar surface area (TPSA) is 54.9 Å². The molecule has 2 aromatic rings. The van der Waals surface area contributed by atoms with E-state index >= 15 is 0 Å². The lowest BCUT2D eigenvalue weighted by Gasteiger charge is -2.05. The van der Waals surface area contributed by atoms with E-state index in [0.29, 0.717) is 16.0 Å². The van der Waals surface area contributed by atoms with Gasteiger partial charge in [-0.25, -0.2) is 13.8 Å². The summed E-state index contributed by atoms with van der Waals surface area (Å²) in [5.74, 6) is -1.95. The van der Waals surface area contributed by atoms with Crippen LogP contribution in [0.1, 0.15) is 28.0 Å². The second-order valence-electron chi connectivity index (χ2n) is 3.86. The molecule has 1 amide bonds. The average molecular weight is 362 g/mol. The average Bonchev–Trinajstić information content (AvgIpc) is 2.78. The first-order chi connectivity index (χ1) is 9.51. The van der Waals surface area contributed by atoms with Crippen LogP contribution in [0.2, 0.25) is 0 Å². The monoisotopic (exact) mass is 361 g/mol. The van der Waals surface area contributed by atoms with Crippen molar-refractivity contribution >= 4 is 33.2 Å². The summed E-state index contributed by atoms with van der Waals surface area (Å²) in [4.78, 5) is 20.5. The lowest BCUT2D eigenvalue weighted by Crippen LogP contribution is -2.25. The molecule has 0 unspecified atom stereocenters. The zero-order valence-electron chi connectivity index (χ0n) is 10.4. The van der Waals surface area contributed by atoms with Crippen LogP contribution in [0.3, 0.4) is 0 Å². The van der Waals surface area contributed by atoms with Crippen molar-refractivity contribution in [1.29, 1.82) is 0 Å². The number of nitrogens with zero attached hydrogens (tertiary/aromatic N) is 2. The molecule has 0 atom stereocenters. The molecule has 0 fully saturated rings. The predicted octanol–water partition coefficient (Wildman–Crippen LogP) is 3.07. The van der Waals surface area contributed by atoms with E-state index in [1.165, 1.54) is 11.3 Å². The van der Waals surface area contributed by atoms with Crippen LogP contribution in [0.15, 0.2) is 16.2 Å². The van der Waals surface area contributed by atoms with E-state index in [9.17, 15) is 13.6 Å². The summed E-state index contributed by atoms with van der Waals surface area (Å²) in [6.07, 6.45) is 1.58. The second kappa shape index (κ2) is 6.36. The number of nitrogens with one attached hydrogen (secondary N) is 1. The van der Waals surface area contributed by atoms with Gasteiger partial charge in [0.1, 0.15) is 17.3 Å². The Balaban J connectivity index is 2.08. The van der Waals surface area contributed by atoms with Gasteiger partial charge in [0.05, 0.1) is 18.4 Å². The Morgan fingerprint density at radius 1 is 1.50 bits per heavy atom. The molecule has 2 heterocycles. The zero-order valence-corrected chi connectivity index (χ0v) is 12.8. The smallest absolute Gasteiger partial charge is 0.271 e. The van der Waals surface area contributed by atoms with Gasteiger partial charge in [0.15, 0.2) is 3.92 Å². The maximum absolute atomic E-state index is 13.4. The van der Waals surface area contributed by atoms with Gasteiger partial charge in [0.2, 0.25) is 0 Å². The lowest BCUT2D eigenvalue weighted by molar-refractivity contribution is 0.0945. The van der Waals surface area contributed by atoms with Gasteiger partial charge in [-0.15, -0.1) is 11.3 Å². The van der Waals surface area contributed by atoms with Crippen LogP contribution in [0, 0.1) is 11.6 Å². The molecular weight excluding hydrogens is 352 g/mol. The molecule has 8 heteroatoms. The Kier molecular flexibility index (Phi) is 4.77. The number of pyridine rings is 1. The quantitative estimate of drug-likeness (QED) is 0.910. The lowest BCUT2D eigenvalue weighted by atomic mass is 10.3. The molecule has 0 aliphatic rings. The highest BCUT2D eigenvalue weighted by Gasteiger charge is 2.16. The van der Waals surface area contributed by atoms with Crippen molar-refractivity contribution in [2.45, 2.75) is 19.9 Å². The number of hydrogen-bond acceptors (Lipinski definition) is 4. The van der Waals surface area contributed by atoms with Gasteiger partial charge in [-0.05, 0) is 22.4 Å². The number of carbonyl (C=O) groups excluding carboxylic acids is 1. The molecule has 0 saturated heterocycles. The summed E-state index contributed by atoms with van der Waals surface area (Å²) < 4.78 is 26.7. The van der Waals surface area contributed by atoms with E-state index in [2.05, 4.69) is 31.2 Å². The molecule has 1 N–H and O–H groups in total. The van der Waals surface area contributed by atoms with Crippen molar-refractivity contribution in [2.24, 2.45) is 0 Å². The van der Waals surface area contributed by atoms with Gasteiger partial charge >= 0.3 is 0 Å². The maximum Gasteiger partial charge on any atom is 0.271 e. The van der Waals surface area contributed by atoms with Gasteiger partial charge < -0.3 is 5.32 Å². The van der Waals surface area contributed by atoms with Crippen molar-refractivity contribution in [3.05, 3.63) is 44.1 Å². The Hall–Kier alpha value is -1.41. The fraction of sp³-hybridized carbons (Fsp3) is 0.250. The number of halogens is 3. The SMILES string of the molecule is CCc1sc(Br)nc1C(=O)NCc1ncc(F)cc1F. The van der Waals surface area contributed by atoms with Gasteiger partial charge in [0.25, 0.3) is 5.91 Å². The minimum Gasteiger partial charge on any atom is -0.345 e. The van der Waals surface area contributed by atoms with Crippen LogP contribution in [0.25, 0.3) is 0 Å². The molecule has 2 rings (SSSR count). The normalized spacial score (nSPS) is 10.6. The van der Waals surface area contributed by atoms with E-state index < -0.39 is 17.5 Å². The largest absolute Gasteiger partial charge is 0.345 e. The van der Waals surface area contributed by atoms with Crippen molar-refractivity contribution in [3.8, 4) is 0 Å². The Labute approximate surface area is 126 Å². The molecule has 106 valence electrons. The predicted molar refractivity (Wildman–Crippen MR) is 74.5 cm³/mol. The number of rotatable bonds is 4. The summed E-state index contributed by atoms with van der Waals surface area (Å²) in [6, 6.07) is 0.728. The van der Waals surface area contributed by atoms with E-state index in [0.717, 1.165) is 17.1 Å². The van der Waals surface area contributed by atoms with Gasteiger partial charge in [-0.3, -0.25) is 9.78 Å². The van der Waals surface area contributed by atoms with Gasteiger partial charge in [-0.2, -0.15) is 0 Å². The first-order valence-electron chi connectivity index (χ1n) is 5.74. The molecule has 0 bridgehead atoms. The second-order valence-corrected chi connectivity index (χ2v) is 6.22. The number of thiazole rings is 1. The highest BCUT2D eigenvalue weighted by Crippen LogP contribution is 2.23. The summed E-state index contributed by atoms with van der Waals surface area (Å²) in [5, 5.41) is 2.52. The standard InChI is InChI=1S/C12H10BrF2N3OS/c1-2-9-10(18-12(13)20-9)11(19)17-5-8-7(15)3-6(14)4-16-8/h3-4H,2,5H2,1H3,(H,17,19).